The van der Waals surface area contributed by atoms with Crippen molar-refractivity contribution < 1.29 is 4.74 Å². The lowest BCUT2D eigenvalue weighted by Crippen LogP contribution is -2.22. The molecular weight excluding hydrogens is 198 g/mol. The van der Waals surface area contributed by atoms with E-state index in [9.17, 15) is 0 Å². The van der Waals surface area contributed by atoms with Crippen molar-refractivity contribution in [2.75, 3.05) is 13.7 Å². The molecule has 1 aliphatic rings. The van der Waals surface area contributed by atoms with Gasteiger partial charge in [0.1, 0.15) is 0 Å². The summed E-state index contributed by atoms with van der Waals surface area (Å²) in [5.41, 5.74) is 3.66. The average molecular weight is 217 g/mol. The SMILES string of the molecule is C=C(c1ccccc1COC)C1CCCN1. The molecule has 86 valence electrons. The molecular formula is C14H19NO. The van der Waals surface area contributed by atoms with Crippen molar-refractivity contribution in [3.05, 3.63) is 42.0 Å². The molecule has 0 radical (unpaired) electrons. The molecule has 1 aliphatic heterocycles. The Morgan fingerprint density at radius 1 is 1.50 bits per heavy atom. The average Bonchev–Trinajstić information content (AvgIpc) is 2.83. The fourth-order valence-corrected chi connectivity index (χ4v) is 2.28. The van der Waals surface area contributed by atoms with Gasteiger partial charge in [-0.3, -0.25) is 0 Å². The first-order valence-corrected chi connectivity index (χ1v) is 5.82. The standard InChI is InChI=1S/C14H19NO/c1-11(14-8-5-9-15-14)13-7-4-3-6-12(13)10-16-2/h3-4,6-7,14-15H,1,5,8-10H2,2H3. The summed E-state index contributed by atoms with van der Waals surface area (Å²) < 4.78 is 5.22. The van der Waals surface area contributed by atoms with Gasteiger partial charge in [0.2, 0.25) is 0 Å². The van der Waals surface area contributed by atoms with Gasteiger partial charge < -0.3 is 10.1 Å². The Morgan fingerprint density at radius 3 is 3.00 bits per heavy atom. The van der Waals surface area contributed by atoms with E-state index in [1.807, 2.05) is 6.07 Å². The van der Waals surface area contributed by atoms with Gasteiger partial charge in [0.05, 0.1) is 6.61 Å². The van der Waals surface area contributed by atoms with Gasteiger partial charge in [-0.25, -0.2) is 0 Å². The second-order valence-electron chi connectivity index (χ2n) is 4.26. The highest BCUT2D eigenvalue weighted by molar-refractivity contribution is 5.70. The van der Waals surface area contributed by atoms with Crippen molar-refractivity contribution in [1.29, 1.82) is 0 Å². The van der Waals surface area contributed by atoms with E-state index >= 15 is 0 Å². The minimum absolute atomic E-state index is 0.443. The van der Waals surface area contributed by atoms with Crippen molar-refractivity contribution in [1.82, 2.24) is 5.32 Å². The fraction of sp³-hybridized carbons (Fsp3) is 0.429. The predicted molar refractivity (Wildman–Crippen MR) is 67.2 cm³/mol. The second-order valence-corrected chi connectivity index (χ2v) is 4.26. The van der Waals surface area contributed by atoms with Crippen LogP contribution in [0.3, 0.4) is 0 Å². The predicted octanol–water partition coefficient (Wildman–Crippen LogP) is 2.60. The number of nitrogens with one attached hydrogen (secondary N) is 1. The van der Waals surface area contributed by atoms with Crippen LogP contribution in [0.4, 0.5) is 0 Å². The van der Waals surface area contributed by atoms with Crippen LogP contribution in [-0.2, 0) is 11.3 Å². The molecule has 0 amide bonds. The van der Waals surface area contributed by atoms with Crippen LogP contribution in [0.5, 0.6) is 0 Å². The molecule has 0 aromatic heterocycles. The topological polar surface area (TPSA) is 21.3 Å². The smallest absolute Gasteiger partial charge is 0.0718 e. The molecule has 0 bridgehead atoms. The van der Waals surface area contributed by atoms with Gasteiger partial charge in [0.25, 0.3) is 0 Å². The molecule has 1 atom stereocenters. The highest BCUT2D eigenvalue weighted by atomic mass is 16.5. The van der Waals surface area contributed by atoms with Crippen molar-refractivity contribution in [2.45, 2.75) is 25.5 Å². The Balaban J connectivity index is 2.21. The van der Waals surface area contributed by atoms with Gasteiger partial charge in [-0.2, -0.15) is 0 Å². The van der Waals surface area contributed by atoms with E-state index in [1.165, 1.54) is 29.5 Å². The van der Waals surface area contributed by atoms with E-state index < -0.39 is 0 Å². The van der Waals surface area contributed by atoms with Crippen molar-refractivity contribution in [3.8, 4) is 0 Å². The number of hydrogen-bond acceptors (Lipinski definition) is 2. The number of benzene rings is 1. The highest BCUT2D eigenvalue weighted by Crippen LogP contribution is 2.25. The Kier molecular flexibility index (Phi) is 3.75. The van der Waals surface area contributed by atoms with Gasteiger partial charge in [-0.1, -0.05) is 30.8 Å². The third-order valence-corrected chi connectivity index (χ3v) is 3.14. The van der Waals surface area contributed by atoms with Gasteiger partial charge in [-0.15, -0.1) is 0 Å². The summed E-state index contributed by atoms with van der Waals surface area (Å²) in [6.07, 6.45) is 2.44. The maximum Gasteiger partial charge on any atom is 0.0718 e. The molecule has 0 spiro atoms. The van der Waals surface area contributed by atoms with Gasteiger partial charge in [0, 0.05) is 13.2 Å². The Hall–Kier alpha value is -1.12. The second kappa shape index (κ2) is 5.28. The number of hydrogen-bond donors (Lipinski definition) is 1. The quantitative estimate of drug-likeness (QED) is 0.837. The van der Waals surface area contributed by atoms with Crippen LogP contribution in [-0.4, -0.2) is 19.7 Å². The van der Waals surface area contributed by atoms with E-state index in [1.54, 1.807) is 7.11 Å². The molecule has 1 unspecified atom stereocenters. The monoisotopic (exact) mass is 217 g/mol. The minimum Gasteiger partial charge on any atom is -0.380 e. The number of methoxy groups -OCH3 is 1. The molecule has 1 aromatic rings. The van der Waals surface area contributed by atoms with Crippen molar-refractivity contribution in [3.63, 3.8) is 0 Å². The first kappa shape index (κ1) is 11.4. The first-order valence-electron chi connectivity index (χ1n) is 5.82. The van der Waals surface area contributed by atoms with E-state index in [4.69, 9.17) is 4.74 Å². The van der Waals surface area contributed by atoms with Crippen LogP contribution in [0, 0.1) is 0 Å². The molecule has 2 rings (SSSR count). The first-order chi connectivity index (χ1) is 7.83. The largest absolute Gasteiger partial charge is 0.380 e. The van der Waals surface area contributed by atoms with E-state index in [2.05, 4.69) is 30.1 Å². The van der Waals surface area contributed by atoms with Crippen molar-refractivity contribution >= 4 is 5.57 Å². The fourth-order valence-electron chi connectivity index (χ4n) is 2.28. The third kappa shape index (κ3) is 2.34. The summed E-state index contributed by atoms with van der Waals surface area (Å²) in [6.45, 7) is 5.99. The van der Waals surface area contributed by atoms with Gasteiger partial charge >= 0.3 is 0 Å². The molecule has 16 heavy (non-hydrogen) atoms. The maximum atomic E-state index is 5.22. The zero-order valence-electron chi connectivity index (χ0n) is 9.83. The van der Waals surface area contributed by atoms with Gasteiger partial charge in [0.15, 0.2) is 0 Å². The van der Waals surface area contributed by atoms with E-state index in [0.717, 1.165) is 6.54 Å². The Labute approximate surface area is 97.3 Å². The Bertz CT molecular complexity index is 367. The molecule has 1 saturated heterocycles. The molecule has 1 aromatic carbocycles. The summed E-state index contributed by atoms with van der Waals surface area (Å²) in [4.78, 5) is 0. The summed E-state index contributed by atoms with van der Waals surface area (Å²) in [5.74, 6) is 0. The maximum absolute atomic E-state index is 5.22. The van der Waals surface area contributed by atoms with Gasteiger partial charge in [-0.05, 0) is 36.1 Å². The zero-order chi connectivity index (χ0) is 11.4. The molecule has 1 heterocycles. The normalized spacial score (nSPS) is 19.9. The summed E-state index contributed by atoms with van der Waals surface area (Å²) in [5, 5.41) is 3.48. The van der Waals surface area contributed by atoms with Crippen LogP contribution in [0.15, 0.2) is 30.8 Å². The molecule has 1 fully saturated rings. The lowest BCUT2D eigenvalue weighted by molar-refractivity contribution is 0.184. The van der Waals surface area contributed by atoms with Crippen LogP contribution in [0.1, 0.15) is 24.0 Å². The van der Waals surface area contributed by atoms with E-state index in [-0.39, 0.29) is 0 Å². The number of ether oxygens (including phenoxy) is 1. The highest BCUT2D eigenvalue weighted by Gasteiger charge is 2.19. The number of rotatable bonds is 4. The molecule has 2 nitrogen and oxygen atoms in total. The third-order valence-electron chi connectivity index (χ3n) is 3.14. The summed E-state index contributed by atoms with van der Waals surface area (Å²) in [6, 6.07) is 8.80. The molecule has 0 aliphatic carbocycles. The van der Waals surface area contributed by atoms with Crippen LogP contribution < -0.4 is 5.32 Å². The lowest BCUT2D eigenvalue weighted by atomic mass is 9.95. The molecule has 2 heteroatoms. The van der Waals surface area contributed by atoms with Crippen molar-refractivity contribution in [2.24, 2.45) is 0 Å². The van der Waals surface area contributed by atoms with Crippen LogP contribution in [0.25, 0.3) is 5.57 Å². The summed E-state index contributed by atoms with van der Waals surface area (Å²) in [7, 11) is 1.73. The molecule has 1 N–H and O–H groups in total. The lowest BCUT2D eigenvalue weighted by Gasteiger charge is -2.17. The van der Waals surface area contributed by atoms with E-state index in [0.29, 0.717) is 12.6 Å². The van der Waals surface area contributed by atoms with Crippen LogP contribution >= 0.6 is 0 Å². The van der Waals surface area contributed by atoms with Crippen LogP contribution in [0.2, 0.25) is 0 Å². The Morgan fingerprint density at radius 2 is 2.31 bits per heavy atom. The molecule has 0 saturated carbocycles. The minimum atomic E-state index is 0.443. The zero-order valence-corrected chi connectivity index (χ0v) is 9.83. The summed E-state index contributed by atoms with van der Waals surface area (Å²) >= 11 is 0.